The molecule has 2 aromatic rings. The van der Waals surface area contributed by atoms with Crippen LogP contribution in [0.2, 0.25) is 0 Å². The Morgan fingerprint density at radius 1 is 1.19 bits per heavy atom. The summed E-state index contributed by atoms with van der Waals surface area (Å²) in [5.74, 6) is 1.14. The molecule has 1 atom stereocenters. The minimum absolute atomic E-state index is 0.311. The first-order valence-corrected chi connectivity index (χ1v) is 7.75. The van der Waals surface area contributed by atoms with Crippen LogP contribution in [0.15, 0.2) is 46.9 Å². The van der Waals surface area contributed by atoms with Crippen LogP contribution in [0, 0.1) is 0 Å². The molecule has 3 nitrogen and oxygen atoms in total. The lowest BCUT2D eigenvalue weighted by Gasteiger charge is -2.16. The molecule has 0 amide bonds. The van der Waals surface area contributed by atoms with Crippen molar-refractivity contribution in [3.8, 4) is 11.5 Å². The number of benzene rings is 2. The highest BCUT2D eigenvalue weighted by Gasteiger charge is 2.05. The minimum atomic E-state index is 0.311. The van der Waals surface area contributed by atoms with E-state index in [1.54, 1.807) is 19.2 Å². The van der Waals surface area contributed by atoms with Crippen molar-refractivity contribution in [2.24, 2.45) is 0 Å². The zero-order valence-corrected chi connectivity index (χ0v) is 13.9. The van der Waals surface area contributed by atoms with Gasteiger partial charge < -0.3 is 15.2 Å². The Morgan fingerprint density at radius 3 is 2.57 bits per heavy atom. The van der Waals surface area contributed by atoms with Crippen molar-refractivity contribution in [1.29, 1.82) is 0 Å². The molecule has 2 aromatic carbocycles. The van der Waals surface area contributed by atoms with E-state index in [9.17, 15) is 5.11 Å². The number of rotatable bonds is 6. The summed E-state index contributed by atoms with van der Waals surface area (Å²) in [6, 6.07) is 13.7. The maximum Gasteiger partial charge on any atom is 0.122 e. The zero-order chi connectivity index (χ0) is 15.2. The quantitative estimate of drug-likeness (QED) is 0.800. The van der Waals surface area contributed by atoms with Gasteiger partial charge in [0.05, 0.1) is 7.11 Å². The van der Waals surface area contributed by atoms with Gasteiger partial charge in [0, 0.05) is 22.3 Å². The van der Waals surface area contributed by atoms with Gasteiger partial charge in [-0.25, -0.2) is 0 Å². The second-order valence-corrected chi connectivity index (χ2v) is 6.05. The van der Waals surface area contributed by atoms with Crippen molar-refractivity contribution in [2.45, 2.75) is 25.8 Å². The number of aryl methyl sites for hydroxylation is 1. The Kier molecular flexibility index (Phi) is 5.51. The van der Waals surface area contributed by atoms with Gasteiger partial charge in [-0.05, 0) is 49.6 Å². The summed E-state index contributed by atoms with van der Waals surface area (Å²) in [6.07, 6.45) is 1.99. The third kappa shape index (κ3) is 4.97. The van der Waals surface area contributed by atoms with Gasteiger partial charge in [0.25, 0.3) is 0 Å². The molecule has 0 aromatic heterocycles. The molecule has 0 bridgehead atoms. The second-order valence-electron chi connectivity index (χ2n) is 5.13. The van der Waals surface area contributed by atoms with Crippen LogP contribution in [0.3, 0.4) is 0 Å². The third-order valence-corrected chi connectivity index (χ3v) is 3.78. The Bertz CT molecular complexity index is 584. The van der Waals surface area contributed by atoms with E-state index >= 15 is 0 Å². The third-order valence-electron chi connectivity index (χ3n) is 3.32. The van der Waals surface area contributed by atoms with Crippen LogP contribution >= 0.6 is 15.9 Å². The number of halogens is 1. The topological polar surface area (TPSA) is 41.5 Å². The number of anilines is 1. The average Bonchev–Trinajstić information content (AvgIpc) is 2.46. The van der Waals surface area contributed by atoms with Crippen molar-refractivity contribution >= 4 is 21.6 Å². The number of ether oxygens (including phenoxy) is 1. The molecule has 4 heteroatoms. The zero-order valence-electron chi connectivity index (χ0n) is 12.3. The Balaban J connectivity index is 1.90. The van der Waals surface area contributed by atoms with Crippen LogP contribution in [-0.4, -0.2) is 18.3 Å². The minimum Gasteiger partial charge on any atom is -0.508 e. The first-order valence-electron chi connectivity index (χ1n) is 6.96. The number of hydrogen-bond donors (Lipinski definition) is 2. The van der Waals surface area contributed by atoms with Crippen LogP contribution < -0.4 is 10.1 Å². The first kappa shape index (κ1) is 15.7. The summed E-state index contributed by atoms with van der Waals surface area (Å²) in [6.45, 7) is 2.16. The lowest BCUT2D eigenvalue weighted by atomic mass is 10.1. The summed E-state index contributed by atoms with van der Waals surface area (Å²) in [5.41, 5.74) is 2.27. The number of methoxy groups -OCH3 is 1. The van der Waals surface area contributed by atoms with Crippen molar-refractivity contribution in [2.75, 3.05) is 12.4 Å². The van der Waals surface area contributed by atoms with Crippen LogP contribution in [0.4, 0.5) is 5.69 Å². The number of phenols is 1. The summed E-state index contributed by atoms with van der Waals surface area (Å²) in [4.78, 5) is 0. The second kappa shape index (κ2) is 7.36. The molecule has 1 unspecified atom stereocenters. The fourth-order valence-electron chi connectivity index (χ4n) is 2.17. The molecule has 0 spiro atoms. The van der Waals surface area contributed by atoms with E-state index in [2.05, 4.69) is 28.2 Å². The maximum atomic E-state index is 9.28. The maximum absolute atomic E-state index is 9.28. The first-order chi connectivity index (χ1) is 10.1. The summed E-state index contributed by atoms with van der Waals surface area (Å²) in [7, 11) is 1.67. The van der Waals surface area contributed by atoms with Gasteiger partial charge in [-0.15, -0.1) is 0 Å². The average molecular weight is 350 g/mol. The fraction of sp³-hybridized carbons (Fsp3) is 0.294. The summed E-state index contributed by atoms with van der Waals surface area (Å²) < 4.78 is 6.26. The van der Waals surface area contributed by atoms with Gasteiger partial charge in [0.1, 0.15) is 11.5 Å². The lowest BCUT2D eigenvalue weighted by molar-refractivity contribution is 0.414. The molecule has 0 fully saturated rings. The Hall–Kier alpha value is -1.68. The van der Waals surface area contributed by atoms with Gasteiger partial charge in [0.15, 0.2) is 0 Å². The Morgan fingerprint density at radius 2 is 1.90 bits per heavy atom. The fourth-order valence-corrected chi connectivity index (χ4v) is 2.64. The highest BCUT2D eigenvalue weighted by molar-refractivity contribution is 9.10. The van der Waals surface area contributed by atoms with Gasteiger partial charge in [-0.2, -0.15) is 0 Å². The van der Waals surface area contributed by atoms with Crippen LogP contribution in [-0.2, 0) is 6.42 Å². The molecular weight excluding hydrogens is 330 g/mol. The van der Waals surface area contributed by atoms with E-state index in [0.717, 1.165) is 28.8 Å². The van der Waals surface area contributed by atoms with E-state index in [1.807, 2.05) is 30.3 Å². The standard InChI is InChI=1S/C17H20BrNO2/c1-12(3-4-13-5-7-16(20)8-6-13)19-15-9-14(18)10-17(11-15)21-2/h5-12,19-20H,3-4H2,1-2H3. The molecule has 0 saturated heterocycles. The van der Waals surface area contributed by atoms with E-state index in [0.29, 0.717) is 11.8 Å². The molecule has 0 saturated carbocycles. The molecule has 0 radical (unpaired) electrons. The molecule has 112 valence electrons. The highest BCUT2D eigenvalue weighted by Crippen LogP contribution is 2.25. The molecule has 0 heterocycles. The number of nitrogens with one attached hydrogen (secondary N) is 1. The van der Waals surface area contributed by atoms with Crippen LogP contribution in [0.5, 0.6) is 11.5 Å². The molecule has 2 N–H and O–H groups in total. The van der Waals surface area contributed by atoms with Gasteiger partial charge in [0.2, 0.25) is 0 Å². The van der Waals surface area contributed by atoms with Crippen LogP contribution in [0.1, 0.15) is 18.9 Å². The van der Waals surface area contributed by atoms with Crippen molar-refractivity contribution in [1.82, 2.24) is 0 Å². The van der Waals surface area contributed by atoms with Gasteiger partial charge in [-0.3, -0.25) is 0 Å². The SMILES string of the molecule is COc1cc(Br)cc(NC(C)CCc2ccc(O)cc2)c1. The summed E-state index contributed by atoms with van der Waals surface area (Å²) >= 11 is 3.48. The number of aromatic hydroxyl groups is 1. The molecular formula is C17H20BrNO2. The molecule has 2 rings (SSSR count). The van der Waals surface area contributed by atoms with E-state index in [4.69, 9.17) is 4.74 Å². The lowest BCUT2D eigenvalue weighted by Crippen LogP contribution is -2.16. The summed E-state index contributed by atoms with van der Waals surface area (Å²) in [5, 5.41) is 12.8. The smallest absolute Gasteiger partial charge is 0.122 e. The molecule has 0 aliphatic carbocycles. The largest absolute Gasteiger partial charge is 0.508 e. The predicted molar refractivity (Wildman–Crippen MR) is 90.2 cm³/mol. The number of hydrogen-bond acceptors (Lipinski definition) is 3. The van der Waals surface area contributed by atoms with E-state index in [-0.39, 0.29) is 0 Å². The molecule has 0 aliphatic heterocycles. The van der Waals surface area contributed by atoms with Crippen molar-refractivity contribution in [3.63, 3.8) is 0 Å². The normalized spacial score (nSPS) is 12.0. The van der Waals surface area contributed by atoms with E-state index < -0.39 is 0 Å². The van der Waals surface area contributed by atoms with Crippen LogP contribution in [0.25, 0.3) is 0 Å². The Labute approximate surface area is 134 Å². The van der Waals surface area contributed by atoms with Crippen molar-refractivity contribution < 1.29 is 9.84 Å². The van der Waals surface area contributed by atoms with E-state index in [1.165, 1.54) is 5.56 Å². The molecule has 21 heavy (non-hydrogen) atoms. The molecule has 0 aliphatic rings. The highest BCUT2D eigenvalue weighted by atomic mass is 79.9. The predicted octanol–water partition coefficient (Wildman–Crippen LogP) is 4.60. The van der Waals surface area contributed by atoms with Gasteiger partial charge in [-0.1, -0.05) is 28.1 Å². The van der Waals surface area contributed by atoms with Crippen molar-refractivity contribution in [3.05, 3.63) is 52.5 Å². The number of phenolic OH excluding ortho intramolecular Hbond substituents is 1. The van der Waals surface area contributed by atoms with Gasteiger partial charge >= 0.3 is 0 Å². The monoisotopic (exact) mass is 349 g/mol.